The molecule has 0 amide bonds. The zero-order valence-corrected chi connectivity index (χ0v) is 10.4. The molecular formula is C14H15NO3. The molecule has 1 aromatic heterocycles. The number of hydrogen-bond donors (Lipinski definition) is 1. The van der Waals surface area contributed by atoms with Crippen LogP contribution in [0.25, 0.3) is 10.9 Å². The number of carbonyl (C=O) groups is 2. The molecule has 0 fully saturated rings. The Morgan fingerprint density at radius 2 is 2.17 bits per heavy atom. The van der Waals surface area contributed by atoms with Crippen molar-refractivity contribution in [3.05, 3.63) is 35.0 Å². The molecule has 4 heteroatoms. The molecule has 0 aliphatic rings. The third kappa shape index (κ3) is 1.70. The predicted molar refractivity (Wildman–Crippen MR) is 69.3 cm³/mol. The van der Waals surface area contributed by atoms with Crippen LogP contribution in [0.1, 0.15) is 39.8 Å². The fourth-order valence-corrected chi connectivity index (χ4v) is 2.39. The molecule has 0 saturated heterocycles. The highest BCUT2D eigenvalue weighted by atomic mass is 16.4. The van der Waals surface area contributed by atoms with Gasteiger partial charge in [0.15, 0.2) is 6.29 Å². The first kappa shape index (κ1) is 12.4. The molecule has 0 spiro atoms. The van der Waals surface area contributed by atoms with Crippen LogP contribution in [0.3, 0.4) is 0 Å². The van der Waals surface area contributed by atoms with Gasteiger partial charge in [-0.3, -0.25) is 4.79 Å². The van der Waals surface area contributed by atoms with Crippen molar-refractivity contribution < 1.29 is 14.7 Å². The lowest BCUT2D eigenvalue weighted by Crippen LogP contribution is -2.00. The number of aryl methyl sites for hydroxylation is 1. The molecule has 0 atom stereocenters. The Hall–Kier alpha value is -2.10. The van der Waals surface area contributed by atoms with Crippen molar-refractivity contribution in [2.45, 2.75) is 26.8 Å². The summed E-state index contributed by atoms with van der Waals surface area (Å²) >= 11 is 0. The molecule has 0 bridgehead atoms. The number of fused-ring (bicyclic) bond motifs is 1. The van der Waals surface area contributed by atoms with E-state index in [1.54, 1.807) is 6.07 Å². The summed E-state index contributed by atoms with van der Waals surface area (Å²) < 4.78 is 2.01. The summed E-state index contributed by atoms with van der Waals surface area (Å²) in [5.74, 6) is -1.00. The second-order valence-corrected chi connectivity index (χ2v) is 4.27. The van der Waals surface area contributed by atoms with E-state index in [-0.39, 0.29) is 5.56 Å². The first-order valence-corrected chi connectivity index (χ1v) is 5.92. The topological polar surface area (TPSA) is 59.3 Å². The first-order valence-electron chi connectivity index (χ1n) is 5.92. The number of rotatable bonds is 4. The lowest BCUT2D eigenvalue weighted by Gasteiger charge is -2.06. The molecule has 18 heavy (non-hydrogen) atoms. The number of aromatic carboxylic acids is 1. The van der Waals surface area contributed by atoms with Crippen molar-refractivity contribution in [3.8, 4) is 0 Å². The quantitative estimate of drug-likeness (QED) is 0.842. The van der Waals surface area contributed by atoms with E-state index in [1.165, 1.54) is 6.07 Å². The molecule has 0 radical (unpaired) electrons. The standard InChI is InChI=1S/C14H15NO3/c1-3-7-15-9(2)11(8-16)13-10(14(17)18)5-4-6-12(13)15/h4-6,8H,3,7H2,1-2H3,(H,17,18). The van der Waals surface area contributed by atoms with E-state index in [4.69, 9.17) is 0 Å². The van der Waals surface area contributed by atoms with Crippen LogP contribution in [-0.4, -0.2) is 21.9 Å². The Morgan fingerprint density at radius 3 is 2.72 bits per heavy atom. The van der Waals surface area contributed by atoms with E-state index in [0.29, 0.717) is 10.9 Å². The largest absolute Gasteiger partial charge is 0.478 e. The number of carbonyl (C=O) groups excluding carboxylic acids is 1. The van der Waals surface area contributed by atoms with Gasteiger partial charge in [-0.1, -0.05) is 13.0 Å². The molecule has 1 heterocycles. The molecule has 0 unspecified atom stereocenters. The second-order valence-electron chi connectivity index (χ2n) is 4.27. The first-order chi connectivity index (χ1) is 8.61. The summed E-state index contributed by atoms with van der Waals surface area (Å²) in [7, 11) is 0. The van der Waals surface area contributed by atoms with Gasteiger partial charge in [-0.25, -0.2) is 4.79 Å². The van der Waals surface area contributed by atoms with E-state index in [2.05, 4.69) is 0 Å². The zero-order valence-electron chi connectivity index (χ0n) is 10.4. The van der Waals surface area contributed by atoms with Crippen molar-refractivity contribution in [3.63, 3.8) is 0 Å². The lowest BCUT2D eigenvalue weighted by atomic mass is 10.1. The van der Waals surface area contributed by atoms with Crippen LogP contribution in [-0.2, 0) is 6.54 Å². The van der Waals surface area contributed by atoms with Crippen LogP contribution < -0.4 is 0 Å². The molecule has 1 N–H and O–H groups in total. The molecule has 0 aliphatic carbocycles. The van der Waals surface area contributed by atoms with Crippen LogP contribution in [0, 0.1) is 6.92 Å². The van der Waals surface area contributed by atoms with Crippen LogP contribution in [0.5, 0.6) is 0 Å². The SMILES string of the molecule is CCCn1c(C)c(C=O)c2c(C(=O)O)cccc21. The van der Waals surface area contributed by atoms with Gasteiger partial charge in [-0.2, -0.15) is 0 Å². The number of carboxylic acid groups (broad SMARTS) is 1. The average Bonchev–Trinajstić information content (AvgIpc) is 2.62. The van der Waals surface area contributed by atoms with E-state index in [9.17, 15) is 14.7 Å². The molecule has 2 rings (SSSR count). The van der Waals surface area contributed by atoms with E-state index in [1.807, 2.05) is 24.5 Å². The zero-order chi connectivity index (χ0) is 13.3. The predicted octanol–water partition coefficient (Wildman–Crippen LogP) is 2.87. The third-order valence-corrected chi connectivity index (χ3v) is 3.19. The van der Waals surface area contributed by atoms with Gasteiger partial charge in [-0.05, 0) is 25.5 Å². The van der Waals surface area contributed by atoms with E-state index >= 15 is 0 Å². The molecule has 2 aromatic rings. The van der Waals surface area contributed by atoms with Crippen molar-refractivity contribution >= 4 is 23.2 Å². The van der Waals surface area contributed by atoms with E-state index < -0.39 is 5.97 Å². The highest BCUT2D eigenvalue weighted by molar-refractivity contribution is 6.10. The van der Waals surface area contributed by atoms with Gasteiger partial charge in [0.2, 0.25) is 0 Å². The normalized spacial score (nSPS) is 10.8. The van der Waals surface area contributed by atoms with Gasteiger partial charge in [0.05, 0.1) is 5.56 Å². The maximum Gasteiger partial charge on any atom is 0.336 e. The summed E-state index contributed by atoms with van der Waals surface area (Å²) in [6.45, 7) is 4.68. The molecule has 1 aromatic carbocycles. The van der Waals surface area contributed by atoms with Gasteiger partial charge < -0.3 is 9.67 Å². The molecule has 0 aliphatic heterocycles. The highest BCUT2D eigenvalue weighted by Gasteiger charge is 2.18. The van der Waals surface area contributed by atoms with Crippen LogP contribution in [0.4, 0.5) is 0 Å². The van der Waals surface area contributed by atoms with Gasteiger partial charge >= 0.3 is 5.97 Å². The fraction of sp³-hybridized carbons (Fsp3) is 0.286. The molecule has 94 valence electrons. The summed E-state index contributed by atoms with van der Waals surface area (Å²) in [6.07, 6.45) is 1.68. The number of carboxylic acids is 1. The van der Waals surface area contributed by atoms with Crippen molar-refractivity contribution in [1.29, 1.82) is 0 Å². The number of nitrogens with zero attached hydrogens (tertiary/aromatic N) is 1. The number of aldehydes is 1. The Bertz CT molecular complexity index is 625. The van der Waals surface area contributed by atoms with Crippen LogP contribution in [0.15, 0.2) is 18.2 Å². The summed E-state index contributed by atoms with van der Waals surface area (Å²) in [5, 5.41) is 9.75. The summed E-state index contributed by atoms with van der Waals surface area (Å²) in [4.78, 5) is 22.5. The fourth-order valence-electron chi connectivity index (χ4n) is 2.39. The van der Waals surface area contributed by atoms with Crippen LogP contribution >= 0.6 is 0 Å². The highest BCUT2D eigenvalue weighted by Crippen LogP contribution is 2.28. The smallest absolute Gasteiger partial charge is 0.336 e. The van der Waals surface area contributed by atoms with Gasteiger partial charge in [0.1, 0.15) is 0 Å². The Kier molecular flexibility index (Phi) is 3.19. The number of hydrogen-bond acceptors (Lipinski definition) is 2. The summed E-state index contributed by atoms with van der Waals surface area (Å²) in [5.41, 5.74) is 2.32. The minimum absolute atomic E-state index is 0.188. The van der Waals surface area contributed by atoms with Crippen LogP contribution in [0.2, 0.25) is 0 Å². The minimum atomic E-state index is -1.00. The lowest BCUT2D eigenvalue weighted by molar-refractivity contribution is 0.0699. The average molecular weight is 245 g/mol. The van der Waals surface area contributed by atoms with Gasteiger partial charge in [0, 0.05) is 28.7 Å². The van der Waals surface area contributed by atoms with Gasteiger partial charge in [0.25, 0.3) is 0 Å². The molecule has 0 saturated carbocycles. The Morgan fingerprint density at radius 1 is 1.44 bits per heavy atom. The second kappa shape index (κ2) is 4.64. The Balaban J connectivity index is 2.90. The number of benzene rings is 1. The van der Waals surface area contributed by atoms with E-state index in [0.717, 1.165) is 30.5 Å². The minimum Gasteiger partial charge on any atom is -0.478 e. The summed E-state index contributed by atoms with van der Waals surface area (Å²) in [6, 6.07) is 5.11. The van der Waals surface area contributed by atoms with Crippen molar-refractivity contribution in [2.24, 2.45) is 0 Å². The molecule has 4 nitrogen and oxygen atoms in total. The van der Waals surface area contributed by atoms with Crippen molar-refractivity contribution in [2.75, 3.05) is 0 Å². The maximum atomic E-state index is 11.2. The van der Waals surface area contributed by atoms with Gasteiger partial charge in [-0.15, -0.1) is 0 Å². The maximum absolute atomic E-state index is 11.2. The molecular weight excluding hydrogens is 230 g/mol. The third-order valence-electron chi connectivity index (χ3n) is 3.19. The number of aromatic nitrogens is 1. The van der Waals surface area contributed by atoms with Crippen molar-refractivity contribution in [1.82, 2.24) is 4.57 Å². The monoisotopic (exact) mass is 245 g/mol. The Labute approximate surface area is 105 Å².